The Morgan fingerprint density at radius 3 is 2.19 bits per heavy atom. The molecule has 9 nitrogen and oxygen atoms in total. The molecule has 0 aliphatic heterocycles. The Bertz CT molecular complexity index is 1030. The van der Waals surface area contributed by atoms with Crippen molar-refractivity contribution < 1.29 is 39.0 Å². The SMILES string of the molecule is CC(=O)ON=C(C)C(=O)c1ccc(Sc2ccc(C(=O)OCCO)cc2)cc1C(=O)O. The molecule has 0 unspecified atom stereocenters. The molecule has 0 heterocycles. The second-order valence-electron chi connectivity index (χ2n) is 6.09. The van der Waals surface area contributed by atoms with Gasteiger partial charge < -0.3 is 19.8 Å². The van der Waals surface area contributed by atoms with E-state index in [0.29, 0.717) is 10.5 Å². The van der Waals surface area contributed by atoms with Gasteiger partial charge in [-0.3, -0.25) is 4.79 Å². The summed E-state index contributed by atoms with van der Waals surface area (Å²) >= 11 is 1.23. The third-order valence-electron chi connectivity index (χ3n) is 3.76. The summed E-state index contributed by atoms with van der Waals surface area (Å²) in [4.78, 5) is 52.4. The molecule has 0 saturated carbocycles. The van der Waals surface area contributed by atoms with E-state index in [4.69, 9.17) is 9.84 Å². The number of nitrogens with zero attached hydrogens (tertiary/aromatic N) is 1. The van der Waals surface area contributed by atoms with Crippen LogP contribution in [0.25, 0.3) is 0 Å². The Morgan fingerprint density at radius 2 is 1.61 bits per heavy atom. The van der Waals surface area contributed by atoms with Gasteiger partial charge in [0.15, 0.2) is 0 Å². The number of benzene rings is 2. The minimum Gasteiger partial charge on any atom is -0.478 e. The normalized spacial score (nSPS) is 11.0. The molecule has 2 aromatic rings. The molecule has 0 atom stereocenters. The lowest BCUT2D eigenvalue weighted by atomic mass is 10.0. The van der Waals surface area contributed by atoms with Gasteiger partial charge in [-0.15, -0.1) is 0 Å². The van der Waals surface area contributed by atoms with Crippen LogP contribution in [-0.2, 0) is 14.4 Å². The number of hydrogen-bond acceptors (Lipinski definition) is 9. The van der Waals surface area contributed by atoms with E-state index in [9.17, 15) is 24.3 Å². The van der Waals surface area contributed by atoms with Gasteiger partial charge in [0.25, 0.3) is 0 Å². The predicted octanol–water partition coefficient (Wildman–Crippen LogP) is 2.81. The number of carbonyl (C=O) groups is 4. The van der Waals surface area contributed by atoms with E-state index < -0.39 is 23.7 Å². The number of aliphatic hydroxyl groups is 1. The van der Waals surface area contributed by atoms with E-state index >= 15 is 0 Å². The van der Waals surface area contributed by atoms with Crippen molar-refractivity contribution in [3.05, 3.63) is 59.2 Å². The number of aromatic carboxylic acids is 1. The van der Waals surface area contributed by atoms with Gasteiger partial charge >= 0.3 is 17.9 Å². The number of aliphatic hydroxyl groups excluding tert-OH is 1. The molecule has 31 heavy (non-hydrogen) atoms. The highest BCUT2D eigenvalue weighted by molar-refractivity contribution is 7.99. The first kappa shape index (κ1) is 23.8. The van der Waals surface area contributed by atoms with Crippen LogP contribution < -0.4 is 0 Å². The van der Waals surface area contributed by atoms with Gasteiger partial charge in [0.2, 0.25) is 5.78 Å². The minimum atomic E-state index is -1.30. The van der Waals surface area contributed by atoms with Gasteiger partial charge in [-0.2, -0.15) is 0 Å². The molecule has 0 aliphatic rings. The van der Waals surface area contributed by atoms with Crippen LogP contribution >= 0.6 is 11.8 Å². The van der Waals surface area contributed by atoms with Crippen molar-refractivity contribution in [2.24, 2.45) is 5.16 Å². The molecule has 2 rings (SSSR count). The highest BCUT2D eigenvalue weighted by atomic mass is 32.2. The first-order valence-electron chi connectivity index (χ1n) is 8.93. The molecule has 0 saturated heterocycles. The molecular weight excluding hydrogens is 426 g/mol. The van der Waals surface area contributed by atoms with E-state index in [1.165, 1.54) is 30.8 Å². The third kappa shape index (κ3) is 6.76. The Balaban J connectivity index is 2.22. The van der Waals surface area contributed by atoms with Gasteiger partial charge in [-0.1, -0.05) is 16.9 Å². The number of carbonyl (C=O) groups excluding carboxylic acids is 3. The minimum absolute atomic E-state index is 0.0905. The number of ketones is 1. The molecule has 2 aromatic carbocycles. The van der Waals surface area contributed by atoms with Crippen LogP contribution in [0, 0.1) is 0 Å². The van der Waals surface area contributed by atoms with E-state index in [1.807, 2.05) is 0 Å². The second kappa shape index (κ2) is 11.0. The summed E-state index contributed by atoms with van der Waals surface area (Å²) < 4.78 is 4.83. The number of oxime groups is 1. The number of esters is 1. The van der Waals surface area contributed by atoms with Crippen molar-refractivity contribution in [2.45, 2.75) is 23.6 Å². The summed E-state index contributed by atoms with van der Waals surface area (Å²) in [6, 6.07) is 10.7. The highest BCUT2D eigenvalue weighted by Crippen LogP contribution is 2.30. The zero-order valence-corrected chi connectivity index (χ0v) is 17.5. The van der Waals surface area contributed by atoms with Gasteiger partial charge in [0, 0.05) is 22.3 Å². The lowest BCUT2D eigenvalue weighted by Crippen LogP contribution is -2.16. The standard InChI is InChI=1S/C21H19NO8S/c1-12(22-30-13(2)24)19(25)17-8-7-16(11-18(17)20(26)27)31-15-5-3-14(4-6-15)21(28)29-10-9-23/h3-8,11,23H,9-10H2,1-2H3,(H,26,27). The molecule has 10 heteroatoms. The van der Waals surface area contributed by atoms with Crippen LogP contribution in [0.3, 0.4) is 0 Å². The maximum Gasteiger partial charge on any atom is 0.338 e. The monoisotopic (exact) mass is 445 g/mol. The van der Waals surface area contributed by atoms with Gasteiger partial charge in [-0.25, -0.2) is 14.4 Å². The van der Waals surface area contributed by atoms with E-state index in [0.717, 1.165) is 11.8 Å². The zero-order chi connectivity index (χ0) is 23.0. The van der Waals surface area contributed by atoms with Gasteiger partial charge in [0.1, 0.15) is 12.3 Å². The van der Waals surface area contributed by atoms with Crippen LogP contribution in [0.1, 0.15) is 44.9 Å². The summed E-state index contributed by atoms with van der Waals surface area (Å²) in [5.41, 5.74) is -0.168. The van der Waals surface area contributed by atoms with Crippen molar-refractivity contribution in [1.82, 2.24) is 0 Å². The van der Waals surface area contributed by atoms with Crippen molar-refractivity contribution in [3.8, 4) is 0 Å². The van der Waals surface area contributed by atoms with Crippen LogP contribution in [0.4, 0.5) is 0 Å². The molecule has 2 N–H and O–H groups in total. The molecule has 0 bridgehead atoms. The average molecular weight is 445 g/mol. The molecule has 0 aromatic heterocycles. The summed E-state index contributed by atoms with van der Waals surface area (Å²) in [6.45, 7) is 2.08. The van der Waals surface area contributed by atoms with E-state index in [1.54, 1.807) is 30.3 Å². The highest BCUT2D eigenvalue weighted by Gasteiger charge is 2.20. The first-order chi connectivity index (χ1) is 14.7. The number of rotatable bonds is 9. The Morgan fingerprint density at radius 1 is 0.968 bits per heavy atom. The fraction of sp³-hybridized carbons (Fsp3) is 0.190. The van der Waals surface area contributed by atoms with E-state index in [-0.39, 0.29) is 30.1 Å². The van der Waals surface area contributed by atoms with Crippen LogP contribution in [0.5, 0.6) is 0 Å². The molecule has 162 valence electrons. The molecule has 0 fully saturated rings. The molecular formula is C21H19NO8S. The lowest BCUT2D eigenvalue weighted by Gasteiger charge is -2.09. The quantitative estimate of drug-likeness (QED) is 0.196. The van der Waals surface area contributed by atoms with E-state index in [2.05, 4.69) is 9.99 Å². The van der Waals surface area contributed by atoms with Gasteiger partial charge in [0.05, 0.1) is 17.7 Å². The zero-order valence-electron chi connectivity index (χ0n) is 16.7. The summed E-state index contributed by atoms with van der Waals surface area (Å²) in [6.07, 6.45) is 0. The number of carboxylic acids is 1. The van der Waals surface area contributed by atoms with Crippen molar-refractivity contribution in [3.63, 3.8) is 0 Å². The number of hydrogen-bond donors (Lipinski definition) is 2. The van der Waals surface area contributed by atoms with Crippen LogP contribution in [0.15, 0.2) is 57.4 Å². The smallest absolute Gasteiger partial charge is 0.338 e. The van der Waals surface area contributed by atoms with Gasteiger partial charge in [-0.05, 0) is 49.4 Å². The number of Topliss-reactive ketones (excluding diaryl/α,β-unsaturated/α-hetero) is 1. The molecule has 0 spiro atoms. The Hall–Kier alpha value is -3.50. The largest absolute Gasteiger partial charge is 0.478 e. The number of carboxylic acid groups (broad SMARTS) is 1. The third-order valence-corrected chi connectivity index (χ3v) is 4.75. The maximum absolute atomic E-state index is 12.5. The van der Waals surface area contributed by atoms with Crippen molar-refractivity contribution in [2.75, 3.05) is 13.2 Å². The van der Waals surface area contributed by atoms with Crippen LogP contribution in [-0.4, -0.2) is 52.8 Å². The topological polar surface area (TPSA) is 140 Å². The van der Waals surface area contributed by atoms with Crippen molar-refractivity contribution in [1.29, 1.82) is 0 Å². The summed E-state index contributed by atoms with van der Waals surface area (Å²) in [5, 5.41) is 21.6. The predicted molar refractivity (Wildman–Crippen MR) is 111 cm³/mol. The second-order valence-corrected chi connectivity index (χ2v) is 7.23. The molecule has 0 amide bonds. The number of ether oxygens (including phenoxy) is 1. The summed E-state index contributed by atoms with van der Waals surface area (Å²) in [5.74, 6) is -3.24. The van der Waals surface area contributed by atoms with Crippen molar-refractivity contribution >= 4 is 41.2 Å². The maximum atomic E-state index is 12.5. The Labute approximate surface area is 181 Å². The first-order valence-corrected chi connectivity index (χ1v) is 9.74. The fourth-order valence-electron chi connectivity index (χ4n) is 2.35. The molecule has 0 aliphatic carbocycles. The fourth-order valence-corrected chi connectivity index (χ4v) is 3.20. The van der Waals surface area contributed by atoms with Crippen LogP contribution in [0.2, 0.25) is 0 Å². The average Bonchev–Trinajstić information content (AvgIpc) is 2.75. The lowest BCUT2D eigenvalue weighted by molar-refractivity contribution is -0.140. The Kier molecular flexibility index (Phi) is 8.47. The molecule has 0 radical (unpaired) electrons. The summed E-state index contributed by atoms with van der Waals surface area (Å²) in [7, 11) is 0.